The van der Waals surface area contributed by atoms with Gasteiger partial charge < -0.3 is 14.8 Å². The molecular formula is C21H27N3O2S. The standard InChI is InChI=1S/C21H27N3O2S/c1-15-19(16(2)24(3)23-15)9-10-22-13-17-7-8-20(21(12-17)25-4)26-14-18-6-5-11-27-18/h5-8,11-12,22H,9-10,13-14H2,1-4H3. The average molecular weight is 386 g/mol. The second kappa shape index (κ2) is 9.06. The molecule has 0 saturated heterocycles. The second-order valence-corrected chi connectivity index (χ2v) is 7.59. The zero-order valence-electron chi connectivity index (χ0n) is 16.4. The van der Waals surface area contributed by atoms with Crippen molar-refractivity contribution in [2.75, 3.05) is 13.7 Å². The number of rotatable bonds is 9. The molecule has 0 atom stereocenters. The fourth-order valence-electron chi connectivity index (χ4n) is 3.11. The summed E-state index contributed by atoms with van der Waals surface area (Å²) in [6.07, 6.45) is 0.977. The van der Waals surface area contributed by atoms with E-state index in [1.807, 2.05) is 29.9 Å². The Hall–Kier alpha value is -2.31. The number of ether oxygens (including phenoxy) is 2. The average Bonchev–Trinajstić information content (AvgIpc) is 3.27. The van der Waals surface area contributed by atoms with Crippen molar-refractivity contribution in [1.82, 2.24) is 15.1 Å². The molecule has 0 radical (unpaired) electrons. The van der Waals surface area contributed by atoms with E-state index in [1.54, 1.807) is 18.4 Å². The second-order valence-electron chi connectivity index (χ2n) is 6.55. The van der Waals surface area contributed by atoms with E-state index in [0.717, 1.165) is 36.7 Å². The van der Waals surface area contributed by atoms with Crippen LogP contribution in [0.5, 0.6) is 11.5 Å². The van der Waals surface area contributed by atoms with Gasteiger partial charge in [0.25, 0.3) is 0 Å². The summed E-state index contributed by atoms with van der Waals surface area (Å²) in [5.41, 5.74) is 4.86. The summed E-state index contributed by atoms with van der Waals surface area (Å²) in [5.74, 6) is 1.54. The van der Waals surface area contributed by atoms with E-state index in [0.29, 0.717) is 6.61 Å². The molecule has 3 aromatic rings. The number of aryl methyl sites for hydroxylation is 2. The third kappa shape index (κ3) is 4.90. The van der Waals surface area contributed by atoms with Crippen LogP contribution in [0.4, 0.5) is 0 Å². The number of nitrogens with one attached hydrogen (secondary N) is 1. The monoisotopic (exact) mass is 385 g/mol. The van der Waals surface area contributed by atoms with E-state index < -0.39 is 0 Å². The van der Waals surface area contributed by atoms with Crippen molar-refractivity contribution in [3.8, 4) is 11.5 Å². The van der Waals surface area contributed by atoms with Gasteiger partial charge in [-0.2, -0.15) is 5.10 Å². The van der Waals surface area contributed by atoms with Gasteiger partial charge in [0.05, 0.1) is 12.8 Å². The fourth-order valence-corrected chi connectivity index (χ4v) is 3.73. The van der Waals surface area contributed by atoms with Crippen molar-refractivity contribution < 1.29 is 9.47 Å². The Morgan fingerprint density at radius 1 is 1.19 bits per heavy atom. The SMILES string of the molecule is COc1cc(CNCCc2c(C)nn(C)c2C)ccc1OCc1cccs1. The molecule has 0 bridgehead atoms. The molecule has 2 aromatic heterocycles. The predicted octanol–water partition coefficient (Wildman–Crippen LogP) is 4.02. The summed E-state index contributed by atoms with van der Waals surface area (Å²) in [4.78, 5) is 1.20. The summed E-state index contributed by atoms with van der Waals surface area (Å²) in [7, 11) is 3.67. The Balaban J connectivity index is 1.52. The molecule has 0 aliphatic carbocycles. The van der Waals surface area contributed by atoms with Crippen molar-refractivity contribution >= 4 is 11.3 Å². The van der Waals surface area contributed by atoms with Crippen LogP contribution in [0.1, 0.15) is 27.4 Å². The first kappa shape index (κ1) is 19.5. The molecule has 0 fully saturated rings. The van der Waals surface area contributed by atoms with Crippen molar-refractivity contribution in [3.05, 3.63) is 63.1 Å². The molecule has 2 heterocycles. The minimum absolute atomic E-state index is 0.565. The summed E-state index contributed by atoms with van der Waals surface area (Å²) in [6.45, 7) is 6.46. The highest BCUT2D eigenvalue weighted by Gasteiger charge is 2.09. The lowest BCUT2D eigenvalue weighted by molar-refractivity contribution is 0.287. The molecule has 6 heteroatoms. The van der Waals surface area contributed by atoms with Crippen LogP contribution in [0.2, 0.25) is 0 Å². The van der Waals surface area contributed by atoms with Crippen molar-refractivity contribution in [3.63, 3.8) is 0 Å². The van der Waals surface area contributed by atoms with Crippen LogP contribution in [0.25, 0.3) is 0 Å². The van der Waals surface area contributed by atoms with Gasteiger partial charge in [-0.3, -0.25) is 4.68 Å². The molecule has 0 aliphatic heterocycles. The van der Waals surface area contributed by atoms with Gasteiger partial charge >= 0.3 is 0 Å². The summed E-state index contributed by atoms with van der Waals surface area (Å²) in [5, 5.41) is 10.0. The molecule has 0 aliphatic rings. The smallest absolute Gasteiger partial charge is 0.161 e. The normalized spacial score (nSPS) is 11.0. The van der Waals surface area contributed by atoms with Crippen LogP contribution in [0, 0.1) is 13.8 Å². The van der Waals surface area contributed by atoms with Crippen LogP contribution >= 0.6 is 11.3 Å². The van der Waals surface area contributed by atoms with Gasteiger partial charge in [-0.15, -0.1) is 11.3 Å². The summed E-state index contributed by atoms with van der Waals surface area (Å²) < 4.78 is 13.3. The maximum absolute atomic E-state index is 5.90. The van der Waals surface area contributed by atoms with Gasteiger partial charge in [0, 0.05) is 24.2 Å². The third-order valence-electron chi connectivity index (χ3n) is 4.72. The molecule has 1 N–H and O–H groups in total. The highest BCUT2D eigenvalue weighted by molar-refractivity contribution is 7.09. The Labute approximate surface area is 164 Å². The quantitative estimate of drug-likeness (QED) is 0.565. The molecule has 144 valence electrons. The highest BCUT2D eigenvalue weighted by atomic mass is 32.1. The van der Waals surface area contributed by atoms with Crippen LogP contribution in [-0.4, -0.2) is 23.4 Å². The Morgan fingerprint density at radius 3 is 2.70 bits per heavy atom. The van der Waals surface area contributed by atoms with Gasteiger partial charge in [0.1, 0.15) is 6.61 Å². The van der Waals surface area contributed by atoms with Crippen molar-refractivity contribution in [2.45, 2.75) is 33.4 Å². The molecule has 0 amide bonds. The van der Waals surface area contributed by atoms with Crippen LogP contribution in [0.3, 0.4) is 0 Å². The van der Waals surface area contributed by atoms with Gasteiger partial charge in [-0.05, 0) is 61.5 Å². The Kier molecular flexibility index (Phi) is 6.53. The minimum Gasteiger partial charge on any atom is -0.493 e. The number of benzene rings is 1. The molecule has 0 unspecified atom stereocenters. The number of nitrogens with zero attached hydrogens (tertiary/aromatic N) is 2. The number of hydrogen-bond donors (Lipinski definition) is 1. The van der Waals surface area contributed by atoms with Crippen molar-refractivity contribution in [2.24, 2.45) is 7.05 Å². The lowest BCUT2D eigenvalue weighted by Gasteiger charge is -2.12. The van der Waals surface area contributed by atoms with E-state index in [4.69, 9.17) is 9.47 Å². The first-order valence-corrected chi connectivity index (χ1v) is 9.98. The van der Waals surface area contributed by atoms with Gasteiger partial charge in [0.2, 0.25) is 0 Å². The first-order valence-electron chi connectivity index (χ1n) is 9.10. The molecule has 27 heavy (non-hydrogen) atoms. The van der Waals surface area contributed by atoms with E-state index >= 15 is 0 Å². The highest BCUT2D eigenvalue weighted by Crippen LogP contribution is 2.29. The van der Waals surface area contributed by atoms with Crippen LogP contribution in [0.15, 0.2) is 35.7 Å². The first-order chi connectivity index (χ1) is 13.1. The van der Waals surface area contributed by atoms with Crippen molar-refractivity contribution in [1.29, 1.82) is 0 Å². The van der Waals surface area contributed by atoms with E-state index in [-0.39, 0.29) is 0 Å². The van der Waals surface area contributed by atoms with Gasteiger partial charge in [-0.25, -0.2) is 0 Å². The predicted molar refractivity (Wildman–Crippen MR) is 110 cm³/mol. The van der Waals surface area contributed by atoms with E-state index in [1.165, 1.54) is 21.7 Å². The third-order valence-corrected chi connectivity index (χ3v) is 5.57. The molecule has 5 nitrogen and oxygen atoms in total. The molecule has 0 saturated carbocycles. The van der Waals surface area contributed by atoms with E-state index in [9.17, 15) is 0 Å². The van der Waals surface area contributed by atoms with Crippen LogP contribution in [-0.2, 0) is 26.6 Å². The lowest BCUT2D eigenvalue weighted by Crippen LogP contribution is -2.17. The Morgan fingerprint density at radius 2 is 2.04 bits per heavy atom. The largest absolute Gasteiger partial charge is 0.493 e. The minimum atomic E-state index is 0.565. The van der Waals surface area contributed by atoms with E-state index in [2.05, 4.69) is 41.8 Å². The number of methoxy groups -OCH3 is 1. The number of aromatic nitrogens is 2. The Bertz CT molecular complexity index is 872. The summed E-state index contributed by atoms with van der Waals surface area (Å²) in [6, 6.07) is 10.2. The van der Waals surface area contributed by atoms with Gasteiger partial charge in [-0.1, -0.05) is 12.1 Å². The topological polar surface area (TPSA) is 48.3 Å². The van der Waals surface area contributed by atoms with Crippen LogP contribution < -0.4 is 14.8 Å². The summed E-state index contributed by atoms with van der Waals surface area (Å²) >= 11 is 1.69. The maximum Gasteiger partial charge on any atom is 0.161 e. The lowest BCUT2D eigenvalue weighted by atomic mass is 10.1. The molecular weight excluding hydrogens is 358 g/mol. The van der Waals surface area contributed by atoms with Gasteiger partial charge in [0.15, 0.2) is 11.5 Å². The maximum atomic E-state index is 5.90. The zero-order valence-corrected chi connectivity index (χ0v) is 17.2. The molecule has 3 rings (SSSR count). The molecule has 1 aromatic carbocycles. The molecule has 0 spiro atoms. The number of thiophene rings is 1. The fraction of sp³-hybridized carbons (Fsp3) is 0.381. The zero-order chi connectivity index (χ0) is 19.2. The number of hydrogen-bond acceptors (Lipinski definition) is 5.